The second kappa shape index (κ2) is 9.07. The summed E-state index contributed by atoms with van der Waals surface area (Å²) in [6.07, 6.45) is 7.21. The highest BCUT2D eigenvalue weighted by Gasteiger charge is 2.15. The van der Waals surface area contributed by atoms with E-state index in [-0.39, 0.29) is 12.5 Å². The molecular weight excluding hydrogens is 278 g/mol. The number of amidine groups is 1. The molecule has 5 nitrogen and oxygen atoms in total. The van der Waals surface area contributed by atoms with Crippen molar-refractivity contribution in [2.75, 3.05) is 6.61 Å². The number of carbonyl (C=O) groups is 1. The Hall–Kier alpha value is -2.04. The van der Waals surface area contributed by atoms with Gasteiger partial charge in [-0.1, -0.05) is 54.8 Å². The molecule has 0 saturated heterocycles. The van der Waals surface area contributed by atoms with Gasteiger partial charge in [0.1, 0.15) is 5.84 Å². The van der Waals surface area contributed by atoms with E-state index in [9.17, 15) is 4.79 Å². The van der Waals surface area contributed by atoms with Gasteiger partial charge in [-0.05, 0) is 24.8 Å². The molecule has 0 spiro atoms. The van der Waals surface area contributed by atoms with Gasteiger partial charge in [-0.2, -0.15) is 0 Å². The van der Waals surface area contributed by atoms with E-state index in [4.69, 9.17) is 10.6 Å². The van der Waals surface area contributed by atoms with E-state index in [2.05, 4.69) is 10.5 Å². The fraction of sp³-hybridized carbons (Fsp3) is 0.529. The molecule has 22 heavy (non-hydrogen) atoms. The van der Waals surface area contributed by atoms with Crippen LogP contribution in [0, 0.1) is 0 Å². The Morgan fingerprint density at radius 1 is 1.23 bits per heavy atom. The van der Waals surface area contributed by atoms with Crippen LogP contribution in [0.1, 0.15) is 44.1 Å². The number of nitrogens with two attached hydrogens (primary N) is 1. The van der Waals surface area contributed by atoms with Crippen LogP contribution in [0.4, 0.5) is 0 Å². The van der Waals surface area contributed by atoms with Crippen molar-refractivity contribution < 1.29 is 9.63 Å². The van der Waals surface area contributed by atoms with Crippen molar-refractivity contribution in [3.8, 4) is 0 Å². The average Bonchev–Trinajstić information content (AvgIpc) is 2.55. The average molecular weight is 303 g/mol. The Morgan fingerprint density at radius 2 is 1.95 bits per heavy atom. The first-order chi connectivity index (χ1) is 10.7. The summed E-state index contributed by atoms with van der Waals surface area (Å²) >= 11 is 0. The van der Waals surface area contributed by atoms with Gasteiger partial charge >= 0.3 is 0 Å². The van der Waals surface area contributed by atoms with Gasteiger partial charge in [0, 0.05) is 12.5 Å². The molecule has 120 valence electrons. The van der Waals surface area contributed by atoms with E-state index in [1.165, 1.54) is 24.8 Å². The summed E-state index contributed by atoms with van der Waals surface area (Å²) in [5.41, 5.74) is 6.99. The van der Waals surface area contributed by atoms with E-state index in [1.54, 1.807) is 0 Å². The predicted molar refractivity (Wildman–Crippen MR) is 87.4 cm³/mol. The number of benzene rings is 1. The van der Waals surface area contributed by atoms with Crippen LogP contribution in [0.5, 0.6) is 0 Å². The van der Waals surface area contributed by atoms with Crippen molar-refractivity contribution in [1.82, 2.24) is 5.32 Å². The predicted octanol–water partition coefficient (Wildman–Crippen LogP) is 2.36. The quantitative estimate of drug-likeness (QED) is 0.461. The van der Waals surface area contributed by atoms with Gasteiger partial charge in [-0.25, -0.2) is 0 Å². The monoisotopic (exact) mass is 303 g/mol. The summed E-state index contributed by atoms with van der Waals surface area (Å²) in [6.45, 7) is -0.0669. The van der Waals surface area contributed by atoms with E-state index in [0.717, 1.165) is 19.3 Å². The maximum atomic E-state index is 11.7. The second-order valence-electron chi connectivity index (χ2n) is 5.74. The van der Waals surface area contributed by atoms with Gasteiger partial charge in [-0.3, -0.25) is 4.79 Å². The fourth-order valence-corrected chi connectivity index (χ4v) is 2.65. The fourth-order valence-electron chi connectivity index (χ4n) is 2.65. The third-order valence-electron chi connectivity index (χ3n) is 3.86. The first-order valence-electron chi connectivity index (χ1n) is 8.01. The number of hydrogen-bond donors (Lipinski definition) is 2. The molecule has 1 fully saturated rings. The Balaban J connectivity index is 1.62. The van der Waals surface area contributed by atoms with Crippen LogP contribution in [0.3, 0.4) is 0 Å². The van der Waals surface area contributed by atoms with Gasteiger partial charge in [0.25, 0.3) is 5.91 Å². The van der Waals surface area contributed by atoms with E-state index in [0.29, 0.717) is 18.3 Å². The molecule has 1 aliphatic carbocycles. The molecule has 2 rings (SSSR count). The third kappa shape index (κ3) is 6.16. The first-order valence-corrected chi connectivity index (χ1v) is 8.01. The summed E-state index contributed by atoms with van der Waals surface area (Å²) in [4.78, 5) is 16.8. The molecule has 0 bridgehead atoms. The summed E-state index contributed by atoms with van der Waals surface area (Å²) in [5.74, 6) is 0.292. The van der Waals surface area contributed by atoms with Crippen molar-refractivity contribution in [3.05, 3.63) is 35.9 Å². The van der Waals surface area contributed by atoms with Crippen LogP contribution >= 0.6 is 0 Å². The number of hydrogen-bond acceptors (Lipinski definition) is 3. The number of aryl methyl sites for hydroxylation is 1. The highest BCUT2D eigenvalue weighted by molar-refractivity contribution is 5.80. The zero-order chi connectivity index (χ0) is 15.6. The number of amides is 1. The third-order valence-corrected chi connectivity index (χ3v) is 3.86. The van der Waals surface area contributed by atoms with Crippen molar-refractivity contribution in [2.45, 2.75) is 51.0 Å². The summed E-state index contributed by atoms with van der Waals surface area (Å²) in [6, 6.07) is 10.4. The molecule has 0 heterocycles. The van der Waals surface area contributed by atoms with E-state index in [1.807, 2.05) is 30.3 Å². The number of nitrogens with zero attached hydrogens (tertiary/aromatic N) is 1. The van der Waals surface area contributed by atoms with Crippen LogP contribution < -0.4 is 11.1 Å². The van der Waals surface area contributed by atoms with Crippen molar-refractivity contribution in [1.29, 1.82) is 0 Å². The molecule has 1 amide bonds. The molecule has 1 aromatic carbocycles. The molecule has 0 aliphatic heterocycles. The lowest BCUT2D eigenvalue weighted by Crippen LogP contribution is -2.38. The Morgan fingerprint density at radius 3 is 2.68 bits per heavy atom. The van der Waals surface area contributed by atoms with Crippen molar-refractivity contribution in [2.24, 2.45) is 10.9 Å². The maximum Gasteiger partial charge on any atom is 0.260 e. The van der Waals surface area contributed by atoms with Gasteiger partial charge in [0.05, 0.1) is 0 Å². The minimum absolute atomic E-state index is 0.0669. The van der Waals surface area contributed by atoms with E-state index < -0.39 is 0 Å². The first kappa shape index (κ1) is 16.3. The Kier molecular flexibility index (Phi) is 6.74. The zero-order valence-corrected chi connectivity index (χ0v) is 13.0. The molecule has 3 N–H and O–H groups in total. The van der Waals surface area contributed by atoms with Crippen LogP contribution in [0.25, 0.3) is 0 Å². The van der Waals surface area contributed by atoms with Gasteiger partial charge < -0.3 is 15.9 Å². The maximum absolute atomic E-state index is 11.7. The van der Waals surface area contributed by atoms with Crippen molar-refractivity contribution in [3.63, 3.8) is 0 Å². The lowest BCUT2D eigenvalue weighted by atomic mass is 9.95. The summed E-state index contributed by atoms with van der Waals surface area (Å²) in [7, 11) is 0. The molecule has 1 aromatic rings. The minimum atomic E-state index is -0.119. The Labute approximate surface area is 131 Å². The molecule has 0 radical (unpaired) electrons. The van der Waals surface area contributed by atoms with Crippen LogP contribution in [0.2, 0.25) is 0 Å². The normalized spacial score (nSPS) is 16.3. The Bertz CT molecular complexity index is 482. The zero-order valence-electron chi connectivity index (χ0n) is 13.0. The number of nitrogens with one attached hydrogen (secondary N) is 1. The number of rotatable bonds is 7. The summed E-state index contributed by atoms with van der Waals surface area (Å²) in [5, 5.41) is 6.78. The minimum Gasteiger partial charge on any atom is -0.384 e. The van der Waals surface area contributed by atoms with Gasteiger partial charge in [-0.15, -0.1) is 0 Å². The number of oxime groups is 1. The van der Waals surface area contributed by atoms with E-state index >= 15 is 0 Å². The molecular formula is C17H25N3O2. The molecule has 1 saturated carbocycles. The smallest absolute Gasteiger partial charge is 0.260 e. The lowest BCUT2D eigenvalue weighted by molar-refractivity contribution is -0.126. The molecule has 0 unspecified atom stereocenters. The van der Waals surface area contributed by atoms with Crippen molar-refractivity contribution >= 4 is 11.7 Å². The topological polar surface area (TPSA) is 76.7 Å². The lowest BCUT2D eigenvalue weighted by Gasteiger charge is -2.22. The summed E-state index contributed by atoms with van der Waals surface area (Å²) < 4.78 is 0. The highest BCUT2D eigenvalue weighted by Crippen LogP contribution is 2.17. The van der Waals surface area contributed by atoms with Crippen LogP contribution in [-0.2, 0) is 16.1 Å². The molecule has 5 heteroatoms. The second-order valence-corrected chi connectivity index (χ2v) is 5.74. The standard InChI is InChI=1S/C17H25N3O2/c18-16(12-11-14-7-3-1-4-8-14)20-22-13-17(21)19-15-9-5-2-6-10-15/h1,3-4,7-8,15H,2,5-6,9-13H2,(H2,18,20)(H,19,21). The molecule has 0 aromatic heterocycles. The largest absolute Gasteiger partial charge is 0.384 e. The molecule has 0 atom stereocenters. The highest BCUT2D eigenvalue weighted by atomic mass is 16.6. The van der Waals surface area contributed by atoms with Gasteiger partial charge in [0.15, 0.2) is 6.61 Å². The van der Waals surface area contributed by atoms with Crippen LogP contribution in [0.15, 0.2) is 35.5 Å². The molecule has 1 aliphatic rings. The van der Waals surface area contributed by atoms with Gasteiger partial charge in [0.2, 0.25) is 0 Å². The number of carbonyl (C=O) groups excluding carboxylic acids is 1. The van der Waals surface area contributed by atoms with Crippen LogP contribution in [-0.4, -0.2) is 24.4 Å². The SMILES string of the molecule is N/C(CCc1ccccc1)=N\OCC(=O)NC1CCCCC1.